The van der Waals surface area contributed by atoms with Gasteiger partial charge in [-0.05, 0) is 70.3 Å². The first-order valence-electron chi connectivity index (χ1n) is 20.1. The van der Waals surface area contributed by atoms with E-state index in [1.165, 1.54) is 10.8 Å². The number of benzene rings is 1. The van der Waals surface area contributed by atoms with Crippen molar-refractivity contribution in [3.05, 3.63) is 47.4 Å². The van der Waals surface area contributed by atoms with Gasteiger partial charge in [-0.1, -0.05) is 12.1 Å². The minimum absolute atomic E-state index is 0. The number of nitrogens with one attached hydrogen (secondary N) is 2. The molecule has 0 bridgehead atoms. The van der Waals surface area contributed by atoms with E-state index < -0.39 is 65.4 Å². The first-order chi connectivity index (χ1) is 29.2. The molecule has 2 N–H and O–H groups in total. The van der Waals surface area contributed by atoms with Crippen LogP contribution in [-0.2, 0) is 37.1 Å². The van der Waals surface area contributed by atoms with Crippen LogP contribution >= 0.6 is 24.6 Å². The van der Waals surface area contributed by atoms with E-state index in [2.05, 4.69) is 20.7 Å². The van der Waals surface area contributed by atoms with Gasteiger partial charge in [-0.15, -0.1) is 12.4 Å². The van der Waals surface area contributed by atoms with Crippen LogP contribution in [0.15, 0.2) is 30.5 Å². The Balaban J connectivity index is 0.00000661. The number of hydrogen-bond acceptors (Lipinski definition) is 11. The summed E-state index contributed by atoms with van der Waals surface area (Å²) in [7, 11) is 1.63. The van der Waals surface area contributed by atoms with E-state index in [1.807, 2.05) is 0 Å². The molecule has 0 radical (unpaired) electrons. The van der Waals surface area contributed by atoms with Crippen molar-refractivity contribution in [2.75, 3.05) is 49.5 Å². The largest absolute Gasteiger partial charge is 0.419 e. The molecule has 1 aliphatic carbocycles. The standard InChI is InChI=1S/C40H44F6N10O5S.ClH/c1-38(2)36(60)55(23-17-27(39(41,42)43)29(18-47)48-19-23)37(62)56(38)22-7-9-24(10-8-22)61-16-15-53-13-14-54(30(20-53)40(44,45)46)21-32(58)49-28-6-4-5-25-33(51-52(3)34(25)28)26-11-12-31(57)50-35(26)59;/h4-6,17,19,22,24,26,30H,7-16,20-21H2,1-3H3,(H,49,58)(H,50,57,59);1H/t22?,24?,26?,30-;/m1./s1. The zero-order valence-electron chi connectivity index (χ0n) is 34.4. The minimum atomic E-state index is -4.88. The van der Waals surface area contributed by atoms with Gasteiger partial charge in [0.25, 0.3) is 5.91 Å². The zero-order valence-corrected chi connectivity index (χ0v) is 36.0. The van der Waals surface area contributed by atoms with Crippen molar-refractivity contribution in [3.8, 4) is 6.07 Å². The predicted octanol–water partition coefficient (Wildman–Crippen LogP) is 5.03. The summed E-state index contributed by atoms with van der Waals surface area (Å²) in [6.07, 6.45) is -6.14. The Morgan fingerprint density at radius 2 is 1.79 bits per heavy atom. The van der Waals surface area contributed by atoms with Crippen molar-refractivity contribution >= 4 is 75.6 Å². The average Bonchev–Trinajstić information content (AvgIpc) is 3.63. The third kappa shape index (κ3) is 9.62. The summed E-state index contributed by atoms with van der Waals surface area (Å²) in [5.74, 6) is -2.71. The molecule has 7 rings (SSSR count). The number of nitriles is 1. The van der Waals surface area contributed by atoms with Gasteiger partial charge >= 0.3 is 12.4 Å². The Morgan fingerprint density at radius 3 is 2.44 bits per heavy atom. The predicted molar refractivity (Wildman–Crippen MR) is 222 cm³/mol. The van der Waals surface area contributed by atoms with Gasteiger partial charge in [-0.25, -0.2) is 4.98 Å². The molecule has 3 aliphatic heterocycles. The second-order valence-electron chi connectivity index (χ2n) is 16.4. The number of alkyl halides is 6. The number of hydrogen-bond donors (Lipinski definition) is 2. The van der Waals surface area contributed by atoms with Crippen LogP contribution in [0, 0.1) is 11.3 Å². The molecule has 1 unspecified atom stereocenters. The molecule has 3 saturated heterocycles. The van der Waals surface area contributed by atoms with E-state index in [0.717, 1.165) is 16.0 Å². The number of fused-ring (bicyclic) bond motifs is 1. The molecule has 1 saturated carbocycles. The summed E-state index contributed by atoms with van der Waals surface area (Å²) in [4.78, 5) is 60.3. The van der Waals surface area contributed by atoms with Gasteiger partial charge in [0.05, 0.1) is 59.5 Å². The molecular formula is C40H45ClF6N10O5S. The number of pyridine rings is 1. The number of aromatic nitrogens is 3. The number of imide groups is 1. The van der Waals surface area contributed by atoms with Crippen LogP contribution in [0.4, 0.5) is 37.7 Å². The molecule has 63 heavy (non-hydrogen) atoms. The number of piperazine rings is 1. The Hall–Kier alpha value is -4.95. The first kappa shape index (κ1) is 47.5. The number of rotatable bonds is 10. The molecular weight excluding hydrogens is 882 g/mol. The molecule has 4 amide bonds. The summed E-state index contributed by atoms with van der Waals surface area (Å²) in [5, 5.41) is 19.3. The van der Waals surface area contributed by atoms with E-state index >= 15 is 0 Å². The molecule has 15 nitrogen and oxygen atoms in total. The molecule has 3 aromatic rings. The number of carbonyl (C=O) groups excluding carboxylic acids is 4. The Labute approximate surface area is 369 Å². The van der Waals surface area contributed by atoms with Crippen LogP contribution in [0.3, 0.4) is 0 Å². The minimum Gasteiger partial charge on any atom is -0.377 e. The Bertz CT molecular complexity index is 2330. The number of aryl methyl sites for hydroxylation is 1. The van der Waals surface area contributed by atoms with E-state index in [9.17, 15) is 45.5 Å². The summed E-state index contributed by atoms with van der Waals surface area (Å²) in [5.41, 5.74) is -2.25. The number of thiocarbonyl (C=S) groups is 1. The number of ether oxygens (including phenoxy) is 1. The topological polar surface area (TPSA) is 169 Å². The zero-order chi connectivity index (χ0) is 44.9. The molecule has 1 aromatic carbocycles. The van der Waals surface area contributed by atoms with Crippen LogP contribution in [-0.4, -0.2) is 127 Å². The highest BCUT2D eigenvalue weighted by Gasteiger charge is 2.53. The highest BCUT2D eigenvalue weighted by atomic mass is 35.5. The fourth-order valence-corrected chi connectivity index (χ4v) is 9.55. The van der Waals surface area contributed by atoms with Gasteiger partial charge in [0.1, 0.15) is 17.6 Å². The Kier molecular flexibility index (Phi) is 13.8. The maximum Gasteiger partial charge on any atom is 0.419 e. The lowest BCUT2D eigenvalue weighted by atomic mass is 9.89. The molecule has 0 spiro atoms. The van der Waals surface area contributed by atoms with Gasteiger partial charge < -0.3 is 15.0 Å². The van der Waals surface area contributed by atoms with Crippen molar-refractivity contribution < 1.29 is 50.3 Å². The van der Waals surface area contributed by atoms with E-state index in [4.69, 9.17) is 22.2 Å². The fourth-order valence-electron chi connectivity index (χ4n) is 8.98. The van der Waals surface area contributed by atoms with E-state index in [-0.39, 0.29) is 86.9 Å². The maximum absolute atomic E-state index is 14.4. The highest BCUT2D eigenvalue weighted by molar-refractivity contribution is 7.80. The molecule has 2 aromatic heterocycles. The second kappa shape index (κ2) is 18.3. The van der Waals surface area contributed by atoms with Crippen LogP contribution in [0.2, 0.25) is 0 Å². The number of para-hydroxylation sites is 1. The lowest BCUT2D eigenvalue weighted by molar-refractivity contribution is -0.197. The SMILES string of the molecule is Cl.Cn1nc(C2CCC(=O)NC2=O)c2cccc(NC(=O)CN3CCN(CCOC4CCC(N5C(=S)N(c6cnc(C#N)c(C(F)(F)F)c6)C(=O)C5(C)C)CC4)C[C@@H]3C(F)(F)F)c21. The number of piperidine rings is 1. The Morgan fingerprint density at radius 1 is 1.08 bits per heavy atom. The van der Waals surface area contributed by atoms with Crippen LogP contribution in [0.5, 0.6) is 0 Å². The van der Waals surface area contributed by atoms with E-state index in [1.54, 1.807) is 48.9 Å². The van der Waals surface area contributed by atoms with Crippen LogP contribution in [0.25, 0.3) is 10.9 Å². The van der Waals surface area contributed by atoms with Gasteiger partial charge in [0, 0.05) is 51.1 Å². The van der Waals surface area contributed by atoms with Crippen LogP contribution < -0.4 is 15.5 Å². The number of amides is 4. The summed E-state index contributed by atoms with van der Waals surface area (Å²) in [6.45, 7) is 2.98. The van der Waals surface area contributed by atoms with Gasteiger partial charge in [0.15, 0.2) is 10.8 Å². The average molecular weight is 927 g/mol. The third-order valence-electron chi connectivity index (χ3n) is 12.1. The molecule has 4 aliphatic rings. The number of nitrogens with zero attached hydrogens (tertiary/aromatic N) is 8. The summed E-state index contributed by atoms with van der Waals surface area (Å²) in [6, 6.07) is 4.95. The van der Waals surface area contributed by atoms with Gasteiger partial charge in [-0.3, -0.25) is 43.9 Å². The normalized spacial score (nSPS) is 23.7. The van der Waals surface area contributed by atoms with Crippen molar-refractivity contribution in [2.45, 2.75) is 94.4 Å². The maximum atomic E-state index is 14.4. The molecule has 4 fully saturated rings. The molecule has 5 heterocycles. The summed E-state index contributed by atoms with van der Waals surface area (Å²) >= 11 is 5.66. The van der Waals surface area contributed by atoms with Crippen molar-refractivity contribution in [3.63, 3.8) is 0 Å². The van der Waals surface area contributed by atoms with Crippen molar-refractivity contribution in [2.24, 2.45) is 7.05 Å². The second-order valence-corrected chi connectivity index (χ2v) is 16.8. The van der Waals surface area contributed by atoms with E-state index in [0.29, 0.717) is 54.0 Å². The van der Waals surface area contributed by atoms with Crippen molar-refractivity contribution in [1.82, 2.24) is 34.8 Å². The lowest BCUT2D eigenvalue weighted by Gasteiger charge is -2.42. The summed E-state index contributed by atoms with van der Waals surface area (Å²) < 4.78 is 92.1. The number of carbonyl (C=O) groups is 4. The lowest BCUT2D eigenvalue weighted by Crippen LogP contribution is -2.60. The number of halogens is 7. The fraction of sp³-hybridized carbons (Fsp3) is 0.550. The monoisotopic (exact) mass is 926 g/mol. The van der Waals surface area contributed by atoms with Crippen LogP contribution in [0.1, 0.15) is 75.2 Å². The quantitative estimate of drug-likeness (QED) is 0.158. The first-order valence-corrected chi connectivity index (χ1v) is 20.5. The molecule has 2 atom stereocenters. The third-order valence-corrected chi connectivity index (χ3v) is 12.5. The number of anilines is 2. The highest BCUT2D eigenvalue weighted by Crippen LogP contribution is 2.41. The smallest absolute Gasteiger partial charge is 0.377 e. The van der Waals surface area contributed by atoms with Gasteiger partial charge in [0.2, 0.25) is 17.7 Å². The molecule has 23 heteroatoms. The molecule has 340 valence electrons. The van der Waals surface area contributed by atoms with Crippen molar-refractivity contribution in [1.29, 1.82) is 5.26 Å². The van der Waals surface area contributed by atoms with Gasteiger partial charge in [-0.2, -0.15) is 36.7 Å².